The number of rotatable bonds is 6. The maximum atomic E-state index is 14.8. The number of hydrogen-bond acceptors (Lipinski definition) is 7. The number of para-hydroxylation sites is 1. The predicted molar refractivity (Wildman–Crippen MR) is 115 cm³/mol. The van der Waals surface area contributed by atoms with Crippen LogP contribution in [0.3, 0.4) is 0 Å². The van der Waals surface area contributed by atoms with Crippen molar-refractivity contribution >= 4 is 21.6 Å². The predicted octanol–water partition coefficient (Wildman–Crippen LogP) is 2.27. The Kier molecular flexibility index (Phi) is 5.80. The molecule has 0 spiro atoms. The molecule has 174 valence electrons. The molecule has 2 heterocycles. The van der Waals surface area contributed by atoms with Gasteiger partial charge < -0.3 is 14.5 Å². The molecule has 0 saturated heterocycles. The van der Waals surface area contributed by atoms with Gasteiger partial charge in [-0.3, -0.25) is 4.79 Å². The Labute approximate surface area is 188 Å². The summed E-state index contributed by atoms with van der Waals surface area (Å²) in [6.07, 6.45) is 0. The van der Waals surface area contributed by atoms with Crippen molar-refractivity contribution in [1.29, 1.82) is 0 Å². The highest BCUT2D eigenvalue weighted by atomic mass is 32.2. The van der Waals surface area contributed by atoms with Crippen molar-refractivity contribution in [3.05, 3.63) is 69.3 Å². The minimum absolute atomic E-state index is 0.0194. The van der Waals surface area contributed by atoms with E-state index in [0.717, 1.165) is 5.56 Å². The molecule has 12 heteroatoms. The van der Waals surface area contributed by atoms with E-state index in [-0.39, 0.29) is 34.4 Å². The Hall–Kier alpha value is -3.51. The molecule has 4 rings (SSSR count). The van der Waals surface area contributed by atoms with Gasteiger partial charge in [-0.15, -0.1) is 5.10 Å². The molecule has 10 nitrogen and oxygen atoms in total. The minimum Gasteiger partial charge on any atom is -0.482 e. The molecule has 33 heavy (non-hydrogen) atoms. The van der Waals surface area contributed by atoms with Gasteiger partial charge in [0.2, 0.25) is 15.9 Å². The largest absolute Gasteiger partial charge is 0.482 e. The third-order valence-electron chi connectivity index (χ3n) is 5.59. The lowest BCUT2D eigenvalue weighted by Gasteiger charge is -2.26. The quantitative estimate of drug-likeness (QED) is 0.495. The van der Waals surface area contributed by atoms with Crippen LogP contribution in [0.2, 0.25) is 0 Å². The number of amides is 1. The van der Waals surface area contributed by atoms with Gasteiger partial charge >= 0.3 is 5.76 Å². The summed E-state index contributed by atoms with van der Waals surface area (Å²) in [6, 6.07) is 5.93. The molecule has 3 aromatic rings. The summed E-state index contributed by atoms with van der Waals surface area (Å²) in [4.78, 5) is 23.1. The number of anilines is 1. The van der Waals surface area contributed by atoms with Gasteiger partial charge in [0, 0.05) is 5.92 Å². The summed E-state index contributed by atoms with van der Waals surface area (Å²) in [5, 5.41) is 8.37. The number of halogens is 1. The van der Waals surface area contributed by atoms with Crippen molar-refractivity contribution in [2.24, 2.45) is 0 Å². The summed E-state index contributed by atoms with van der Waals surface area (Å²) < 4.78 is 54.4. The Morgan fingerprint density at radius 3 is 2.64 bits per heavy atom. The molecule has 0 radical (unpaired) electrons. The molecule has 1 aliphatic rings. The number of fused-ring (bicyclic) bond motifs is 1. The molecule has 1 aromatic heterocycles. The molecule has 1 aliphatic heterocycles. The van der Waals surface area contributed by atoms with Crippen LogP contribution in [0.1, 0.15) is 41.5 Å². The van der Waals surface area contributed by atoms with Crippen LogP contribution in [0, 0.1) is 19.7 Å². The maximum Gasteiger partial charge on any atom is 0.434 e. The van der Waals surface area contributed by atoms with Crippen LogP contribution in [0.25, 0.3) is 0 Å². The first-order chi connectivity index (χ1) is 15.6. The summed E-state index contributed by atoms with van der Waals surface area (Å²) in [5.41, 5.74) is 1.66. The first-order valence-electron chi connectivity index (χ1n) is 9.97. The number of nitrogens with zero attached hydrogens (tertiary/aromatic N) is 1. The van der Waals surface area contributed by atoms with Crippen LogP contribution in [0.15, 0.2) is 44.4 Å². The number of carbonyl (C=O) groups excluding carboxylic acids is 1. The molecule has 0 aliphatic carbocycles. The summed E-state index contributed by atoms with van der Waals surface area (Å²) in [7, 11) is -4.34. The number of aryl methyl sites for hydroxylation is 1. The van der Waals surface area contributed by atoms with Gasteiger partial charge in [0.15, 0.2) is 6.61 Å². The number of aromatic nitrogens is 2. The average molecular weight is 476 g/mol. The van der Waals surface area contributed by atoms with E-state index < -0.39 is 39.5 Å². The van der Waals surface area contributed by atoms with Gasteiger partial charge in [-0.25, -0.2) is 22.7 Å². The molecule has 2 atom stereocenters. The zero-order valence-electron chi connectivity index (χ0n) is 17.9. The van der Waals surface area contributed by atoms with Crippen molar-refractivity contribution in [3.8, 4) is 5.75 Å². The number of aromatic amines is 1. The number of sulfonamides is 1. The lowest BCUT2D eigenvalue weighted by molar-refractivity contribution is -0.118. The number of ether oxygens (including phenoxy) is 1. The second kappa shape index (κ2) is 8.45. The van der Waals surface area contributed by atoms with E-state index >= 15 is 0 Å². The Morgan fingerprint density at radius 2 is 1.94 bits per heavy atom. The fraction of sp³-hybridized carbons (Fsp3) is 0.286. The number of hydrogen-bond donors (Lipinski definition) is 3. The highest BCUT2D eigenvalue weighted by Crippen LogP contribution is 2.38. The third kappa shape index (κ3) is 4.26. The highest BCUT2D eigenvalue weighted by Gasteiger charge is 2.35. The van der Waals surface area contributed by atoms with Crippen molar-refractivity contribution < 1.29 is 26.8 Å². The molecular formula is C21H21FN4O6S. The molecule has 2 unspecified atom stereocenters. The van der Waals surface area contributed by atoms with Gasteiger partial charge in [0.25, 0.3) is 5.91 Å². The zero-order valence-corrected chi connectivity index (χ0v) is 18.7. The average Bonchev–Trinajstić information content (AvgIpc) is 3.20. The SMILES string of the molecule is Cc1ccc(F)c(C(C)C(NS(=O)(=O)c2cccc3c2NC(=O)CO3)c2n[nH]c(=O)o2)c1C. The molecule has 3 N–H and O–H groups in total. The topological polar surface area (TPSA) is 143 Å². The standard InChI is InChI=1S/C21H21FN4O6S/c1-10-7-8-13(22)17(11(10)2)12(3)18(20-24-25-21(28)32-20)26-33(29,30)15-6-4-5-14-19(15)23-16(27)9-31-14/h4-8,12,18,26H,9H2,1-3H3,(H,23,27)(H,25,28). The Morgan fingerprint density at radius 1 is 1.18 bits per heavy atom. The Bertz CT molecular complexity index is 1400. The Balaban J connectivity index is 1.80. The number of nitrogens with one attached hydrogen (secondary N) is 3. The summed E-state index contributed by atoms with van der Waals surface area (Å²) in [5.74, 6) is -2.83. The maximum absolute atomic E-state index is 14.8. The lowest BCUT2D eigenvalue weighted by Crippen LogP contribution is -2.34. The summed E-state index contributed by atoms with van der Waals surface area (Å²) >= 11 is 0. The van der Waals surface area contributed by atoms with Crippen molar-refractivity contribution in [2.45, 2.75) is 37.6 Å². The van der Waals surface area contributed by atoms with Crippen LogP contribution < -0.4 is 20.5 Å². The number of benzene rings is 2. The van der Waals surface area contributed by atoms with Gasteiger partial charge in [-0.2, -0.15) is 4.72 Å². The van der Waals surface area contributed by atoms with E-state index in [1.54, 1.807) is 26.8 Å². The van der Waals surface area contributed by atoms with E-state index in [0.29, 0.717) is 5.56 Å². The van der Waals surface area contributed by atoms with Crippen molar-refractivity contribution in [1.82, 2.24) is 14.9 Å². The van der Waals surface area contributed by atoms with E-state index in [4.69, 9.17) is 9.15 Å². The fourth-order valence-electron chi connectivity index (χ4n) is 3.80. The van der Waals surface area contributed by atoms with Crippen LogP contribution in [-0.4, -0.2) is 31.1 Å². The van der Waals surface area contributed by atoms with Crippen LogP contribution >= 0.6 is 0 Å². The van der Waals surface area contributed by atoms with Gasteiger partial charge in [0.1, 0.15) is 28.2 Å². The van der Waals surface area contributed by atoms with Gasteiger partial charge in [0.05, 0.1) is 0 Å². The molecule has 1 amide bonds. The normalized spacial score (nSPS) is 15.3. The summed E-state index contributed by atoms with van der Waals surface area (Å²) in [6.45, 7) is 4.88. The fourth-order valence-corrected chi connectivity index (χ4v) is 5.24. The van der Waals surface area contributed by atoms with E-state index in [9.17, 15) is 22.4 Å². The molecule has 0 saturated carbocycles. The number of carbonyl (C=O) groups is 1. The first-order valence-corrected chi connectivity index (χ1v) is 11.5. The van der Waals surface area contributed by atoms with E-state index in [1.165, 1.54) is 24.3 Å². The smallest absolute Gasteiger partial charge is 0.434 e. The first kappa shape index (κ1) is 22.7. The number of H-pyrrole nitrogens is 1. The molecular weight excluding hydrogens is 455 g/mol. The van der Waals surface area contributed by atoms with Crippen molar-refractivity contribution in [2.75, 3.05) is 11.9 Å². The van der Waals surface area contributed by atoms with Gasteiger partial charge in [-0.05, 0) is 48.7 Å². The van der Waals surface area contributed by atoms with E-state index in [1.807, 2.05) is 0 Å². The lowest BCUT2D eigenvalue weighted by atomic mass is 9.88. The van der Waals surface area contributed by atoms with Crippen LogP contribution in [-0.2, 0) is 14.8 Å². The van der Waals surface area contributed by atoms with Crippen LogP contribution in [0.5, 0.6) is 5.75 Å². The molecule has 0 bridgehead atoms. The van der Waals surface area contributed by atoms with E-state index in [2.05, 4.69) is 20.2 Å². The highest BCUT2D eigenvalue weighted by molar-refractivity contribution is 7.89. The van der Waals surface area contributed by atoms with Crippen molar-refractivity contribution in [3.63, 3.8) is 0 Å². The molecule has 0 fully saturated rings. The minimum atomic E-state index is -4.34. The monoisotopic (exact) mass is 476 g/mol. The molecule has 2 aromatic carbocycles. The second-order valence-corrected chi connectivity index (χ2v) is 9.39. The third-order valence-corrected chi connectivity index (χ3v) is 7.07. The van der Waals surface area contributed by atoms with Gasteiger partial charge in [-0.1, -0.05) is 19.1 Å². The second-order valence-electron chi connectivity index (χ2n) is 7.71. The zero-order chi connectivity index (χ0) is 23.9. The van der Waals surface area contributed by atoms with Crippen LogP contribution in [0.4, 0.5) is 10.1 Å².